The van der Waals surface area contributed by atoms with Crippen LogP contribution in [0.5, 0.6) is 0 Å². The average molecular weight is 348 g/mol. The predicted molar refractivity (Wildman–Crippen MR) is 95.4 cm³/mol. The van der Waals surface area contributed by atoms with Gasteiger partial charge in [0.15, 0.2) is 0 Å². The van der Waals surface area contributed by atoms with Crippen LogP contribution < -0.4 is 5.32 Å². The van der Waals surface area contributed by atoms with E-state index < -0.39 is 6.10 Å². The van der Waals surface area contributed by atoms with Crippen LogP contribution >= 0.6 is 11.3 Å². The monoisotopic (exact) mass is 348 g/mol. The number of benzene rings is 1. The number of aromatic nitrogens is 1. The molecule has 2 rings (SSSR count). The van der Waals surface area contributed by atoms with Gasteiger partial charge in [0.1, 0.15) is 16.0 Å². The zero-order chi connectivity index (χ0) is 17.7. The second-order valence-electron chi connectivity index (χ2n) is 5.86. The van der Waals surface area contributed by atoms with Gasteiger partial charge in [-0.25, -0.2) is 4.98 Å². The van der Waals surface area contributed by atoms with Gasteiger partial charge in [-0.15, -0.1) is 11.3 Å². The van der Waals surface area contributed by atoms with E-state index in [1.54, 1.807) is 14.0 Å². The SMILES string of the molecule is CO[C@H](C)c1nc(C)c(C(=O)N[C@H](C)[C@@H](O)Cc2ccccc2)s1. The number of nitrogens with one attached hydrogen (secondary N) is 1. The Morgan fingerprint density at radius 1 is 1.33 bits per heavy atom. The Hall–Kier alpha value is -1.76. The Balaban J connectivity index is 1.99. The summed E-state index contributed by atoms with van der Waals surface area (Å²) in [7, 11) is 1.61. The van der Waals surface area contributed by atoms with E-state index in [1.807, 2.05) is 44.2 Å². The van der Waals surface area contributed by atoms with Crippen molar-refractivity contribution in [3.63, 3.8) is 0 Å². The number of methoxy groups -OCH3 is 1. The molecular formula is C18H24N2O3S. The van der Waals surface area contributed by atoms with Crippen molar-refractivity contribution in [2.45, 2.75) is 45.4 Å². The fourth-order valence-electron chi connectivity index (χ4n) is 2.30. The molecule has 3 atom stereocenters. The highest BCUT2D eigenvalue weighted by Gasteiger charge is 2.22. The second kappa shape index (κ2) is 8.37. The van der Waals surface area contributed by atoms with Crippen LogP contribution in [0.2, 0.25) is 0 Å². The normalized spacial score (nSPS) is 14.9. The van der Waals surface area contributed by atoms with Gasteiger partial charge in [-0.2, -0.15) is 0 Å². The van der Waals surface area contributed by atoms with Crippen LogP contribution in [0.1, 0.15) is 45.9 Å². The number of hydrogen-bond donors (Lipinski definition) is 2. The van der Waals surface area contributed by atoms with Crippen molar-refractivity contribution in [3.8, 4) is 0 Å². The number of ether oxygens (including phenoxy) is 1. The predicted octanol–water partition coefficient (Wildman–Crippen LogP) is 2.88. The summed E-state index contributed by atoms with van der Waals surface area (Å²) in [6.45, 7) is 5.51. The zero-order valence-electron chi connectivity index (χ0n) is 14.4. The summed E-state index contributed by atoms with van der Waals surface area (Å²) in [5.41, 5.74) is 1.72. The quantitative estimate of drug-likeness (QED) is 0.807. The molecule has 0 fully saturated rings. The smallest absolute Gasteiger partial charge is 0.263 e. The highest BCUT2D eigenvalue weighted by Crippen LogP contribution is 2.25. The minimum atomic E-state index is -0.651. The topological polar surface area (TPSA) is 71.5 Å². The van der Waals surface area contributed by atoms with Crippen molar-refractivity contribution in [2.24, 2.45) is 0 Å². The van der Waals surface area contributed by atoms with E-state index >= 15 is 0 Å². The second-order valence-corrected chi connectivity index (χ2v) is 6.89. The molecule has 2 aromatic rings. The third kappa shape index (κ3) is 4.63. The first-order valence-electron chi connectivity index (χ1n) is 7.95. The first-order chi connectivity index (χ1) is 11.4. The first-order valence-corrected chi connectivity index (χ1v) is 8.77. The van der Waals surface area contributed by atoms with Crippen LogP contribution in [-0.4, -0.2) is 35.3 Å². The molecule has 1 aromatic carbocycles. The largest absolute Gasteiger partial charge is 0.391 e. The fraction of sp³-hybridized carbons (Fsp3) is 0.444. The molecular weight excluding hydrogens is 324 g/mol. The molecule has 130 valence electrons. The number of hydrogen-bond acceptors (Lipinski definition) is 5. The molecule has 0 radical (unpaired) electrons. The summed E-state index contributed by atoms with van der Waals surface area (Å²) in [6, 6.07) is 9.37. The fourth-order valence-corrected chi connectivity index (χ4v) is 3.30. The Morgan fingerprint density at radius 2 is 2.00 bits per heavy atom. The molecule has 0 aliphatic heterocycles. The number of carbonyl (C=O) groups is 1. The van der Waals surface area contributed by atoms with Gasteiger partial charge in [0.25, 0.3) is 5.91 Å². The van der Waals surface area contributed by atoms with E-state index in [1.165, 1.54) is 11.3 Å². The molecule has 0 aliphatic carbocycles. The highest BCUT2D eigenvalue weighted by atomic mass is 32.1. The van der Waals surface area contributed by atoms with Crippen LogP contribution in [0.3, 0.4) is 0 Å². The average Bonchev–Trinajstić information content (AvgIpc) is 2.96. The van der Waals surface area contributed by atoms with Crippen molar-refractivity contribution in [2.75, 3.05) is 7.11 Å². The Bertz CT molecular complexity index is 672. The van der Waals surface area contributed by atoms with E-state index in [0.717, 1.165) is 10.6 Å². The number of aryl methyl sites for hydroxylation is 1. The van der Waals surface area contributed by atoms with Crippen LogP contribution in [0, 0.1) is 6.92 Å². The summed E-state index contributed by atoms with van der Waals surface area (Å²) in [5, 5.41) is 14.0. The van der Waals surface area contributed by atoms with Gasteiger partial charge in [0, 0.05) is 13.5 Å². The minimum absolute atomic E-state index is 0.142. The molecule has 0 aliphatic rings. The van der Waals surface area contributed by atoms with E-state index in [-0.39, 0.29) is 18.1 Å². The summed E-state index contributed by atoms with van der Waals surface area (Å²) in [5.74, 6) is -0.209. The summed E-state index contributed by atoms with van der Waals surface area (Å²) < 4.78 is 5.25. The lowest BCUT2D eigenvalue weighted by Crippen LogP contribution is -2.42. The van der Waals surface area contributed by atoms with Crippen LogP contribution in [-0.2, 0) is 11.2 Å². The number of aliphatic hydroxyl groups is 1. The Labute approximate surface area is 146 Å². The maximum Gasteiger partial charge on any atom is 0.263 e. The third-order valence-corrected chi connectivity index (χ3v) is 5.26. The van der Waals surface area contributed by atoms with Gasteiger partial charge >= 0.3 is 0 Å². The lowest BCUT2D eigenvalue weighted by molar-refractivity contribution is 0.0855. The van der Waals surface area contributed by atoms with Crippen molar-refractivity contribution < 1.29 is 14.6 Å². The molecule has 6 heteroatoms. The Morgan fingerprint density at radius 3 is 2.62 bits per heavy atom. The molecule has 0 bridgehead atoms. The van der Waals surface area contributed by atoms with Gasteiger partial charge in [0.05, 0.1) is 17.8 Å². The molecule has 1 amide bonds. The highest BCUT2D eigenvalue weighted by molar-refractivity contribution is 7.13. The van der Waals surface area contributed by atoms with E-state index in [2.05, 4.69) is 10.3 Å². The number of nitrogens with zero attached hydrogens (tertiary/aromatic N) is 1. The molecule has 0 spiro atoms. The van der Waals surface area contributed by atoms with Gasteiger partial charge in [-0.1, -0.05) is 30.3 Å². The molecule has 24 heavy (non-hydrogen) atoms. The van der Waals surface area contributed by atoms with Crippen molar-refractivity contribution in [1.82, 2.24) is 10.3 Å². The molecule has 2 N–H and O–H groups in total. The lowest BCUT2D eigenvalue weighted by atomic mass is 10.0. The maximum atomic E-state index is 12.5. The molecule has 5 nitrogen and oxygen atoms in total. The van der Waals surface area contributed by atoms with Crippen LogP contribution in [0.25, 0.3) is 0 Å². The van der Waals surface area contributed by atoms with Gasteiger partial charge in [-0.05, 0) is 26.3 Å². The van der Waals surface area contributed by atoms with E-state index in [0.29, 0.717) is 17.0 Å². The number of carbonyl (C=O) groups excluding carboxylic acids is 1. The number of aliphatic hydroxyl groups excluding tert-OH is 1. The maximum absolute atomic E-state index is 12.5. The zero-order valence-corrected chi connectivity index (χ0v) is 15.3. The van der Waals surface area contributed by atoms with Crippen molar-refractivity contribution in [1.29, 1.82) is 0 Å². The summed E-state index contributed by atoms with van der Waals surface area (Å²) >= 11 is 1.33. The van der Waals surface area contributed by atoms with Crippen molar-refractivity contribution >= 4 is 17.2 Å². The number of amides is 1. The van der Waals surface area contributed by atoms with Crippen LogP contribution in [0.15, 0.2) is 30.3 Å². The molecule has 1 heterocycles. The number of rotatable bonds is 7. The van der Waals surface area contributed by atoms with Crippen LogP contribution in [0.4, 0.5) is 0 Å². The standard InChI is InChI=1S/C18H24N2O3S/c1-11(15(21)10-14-8-6-5-7-9-14)19-17(22)16-12(2)20-18(24-16)13(3)23-4/h5-9,11,13,15,21H,10H2,1-4H3,(H,19,22)/t11-,13-,15+/m1/s1. The van der Waals surface area contributed by atoms with Gasteiger partial charge in [0.2, 0.25) is 0 Å². The third-order valence-electron chi connectivity index (χ3n) is 3.94. The molecule has 0 saturated carbocycles. The number of thiazole rings is 1. The lowest BCUT2D eigenvalue weighted by Gasteiger charge is -2.20. The van der Waals surface area contributed by atoms with E-state index in [9.17, 15) is 9.90 Å². The van der Waals surface area contributed by atoms with Gasteiger partial charge < -0.3 is 15.2 Å². The summed E-state index contributed by atoms with van der Waals surface area (Å²) in [6.07, 6.45) is -0.297. The minimum Gasteiger partial charge on any atom is -0.391 e. The molecule has 1 aromatic heterocycles. The van der Waals surface area contributed by atoms with E-state index in [4.69, 9.17) is 4.74 Å². The molecule has 0 unspecified atom stereocenters. The molecule has 0 saturated heterocycles. The summed E-state index contributed by atoms with van der Waals surface area (Å²) in [4.78, 5) is 17.4. The van der Waals surface area contributed by atoms with Gasteiger partial charge in [-0.3, -0.25) is 4.79 Å². The Kier molecular flexibility index (Phi) is 6.48. The van der Waals surface area contributed by atoms with Crippen molar-refractivity contribution in [3.05, 3.63) is 51.5 Å². The first kappa shape index (κ1) is 18.6.